The zero-order valence-electron chi connectivity index (χ0n) is 14.2. The van der Waals surface area contributed by atoms with Crippen LogP contribution in [0, 0.1) is 22.6 Å². The summed E-state index contributed by atoms with van der Waals surface area (Å²) in [5.74, 6) is 0.355. The summed E-state index contributed by atoms with van der Waals surface area (Å²) in [7, 11) is 0. The summed E-state index contributed by atoms with van der Waals surface area (Å²) in [5.41, 5.74) is 8.30. The minimum Gasteiger partial charge on any atom is -0.486 e. The summed E-state index contributed by atoms with van der Waals surface area (Å²) < 4.78 is 25.5. The molecule has 0 aliphatic heterocycles. The number of nitriles is 1. The van der Waals surface area contributed by atoms with Gasteiger partial charge in [0.1, 0.15) is 29.5 Å². The maximum atomic E-state index is 14.3. The van der Waals surface area contributed by atoms with Crippen molar-refractivity contribution in [2.45, 2.75) is 18.9 Å². The number of fused-ring (bicyclic) bond motifs is 1. The summed E-state index contributed by atoms with van der Waals surface area (Å²) in [5, 5.41) is 17.2. The second-order valence-corrected chi connectivity index (χ2v) is 6.24. The molecule has 1 aliphatic carbocycles. The maximum Gasteiger partial charge on any atom is 0.181 e. The zero-order valence-corrected chi connectivity index (χ0v) is 14.2. The molecule has 2 aromatic carbocycles. The van der Waals surface area contributed by atoms with E-state index in [2.05, 4.69) is 4.98 Å². The summed E-state index contributed by atoms with van der Waals surface area (Å²) in [6.07, 6.45) is 3.49. The molecule has 0 amide bonds. The third kappa shape index (κ3) is 2.91. The summed E-state index contributed by atoms with van der Waals surface area (Å²) in [6.45, 7) is 0. The van der Waals surface area contributed by atoms with Crippen molar-refractivity contribution in [3.63, 3.8) is 0 Å². The molecule has 1 aliphatic rings. The van der Waals surface area contributed by atoms with E-state index in [-0.39, 0.29) is 17.4 Å². The van der Waals surface area contributed by atoms with Crippen molar-refractivity contribution in [2.75, 3.05) is 5.73 Å². The average molecular weight is 362 g/mol. The summed E-state index contributed by atoms with van der Waals surface area (Å²) >= 11 is 0. The summed E-state index contributed by atoms with van der Waals surface area (Å²) in [6, 6.07) is 10.1. The number of ether oxygens (including phenoxy) is 1. The Labute approximate surface area is 154 Å². The molecule has 0 saturated carbocycles. The van der Waals surface area contributed by atoms with Crippen LogP contribution in [-0.2, 0) is 6.42 Å². The van der Waals surface area contributed by atoms with E-state index in [1.165, 1.54) is 18.7 Å². The van der Waals surface area contributed by atoms with Crippen LogP contribution in [0.4, 0.5) is 10.1 Å². The quantitative estimate of drug-likeness (QED) is 0.543. The summed E-state index contributed by atoms with van der Waals surface area (Å²) in [4.78, 5) is 3.81. The lowest BCUT2D eigenvalue weighted by atomic mass is 10.0. The molecule has 27 heavy (non-hydrogen) atoms. The van der Waals surface area contributed by atoms with Crippen molar-refractivity contribution in [1.82, 2.24) is 4.98 Å². The van der Waals surface area contributed by atoms with Gasteiger partial charge in [-0.05, 0) is 48.2 Å². The standard InChI is InChI=1S/C20H15FN4O2/c21-19-11(8-22)1-3-13-14(19)4-6-17(13)27-12-2-5-16(23)15(7-12)20(24)18-9-25-10-26-18/h1-3,5,7,9-10,17,24H,4,6,23H2. The Morgan fingerprint density at radius 3 is 2.96 bits per heavy atom. The first-order chi connectivity index (χ1) is 13.1. The highest BCUT2D eigenvalue weighted by atomic mass is 19.1. The predicted octanol–water partition coefficient (Wildman–Crippen LogP) is 3.75. The molecule has 1 atom stereocenters. The number of nitrogens with zero attached hydrogens (tertiary/aromatic N) is 2. The third-order valence-corrected chi connectivity index (χ3v) is 4.65. The van der Waals surface area contributed by atoms with Crippen LogP contribution in [0.3, 0.4) is 0 Å². The molecule has 7 heteroatoms. The molecule has 0 bridgehead atoms. The van der Waals surface area contributed by atoms with Crippen LogP contribution in [0.5, 0.6) is 5.75 Å². The second-order valence-electron chi connectivity index (χ2n) is 6.24. The fourth-order valence-electron chi connectivity index (χ4n) is 3.29. The molecule has 1 heterocycles. The van der Waals surface area contributed by atoms with Gasteiger partial charge in [0.25, 0.3) is 0 Å². The van der Waals surface area contributed by atoms with Crippen molar-refractivity contribution in [2.24, 2.45) is 0 Å². The van der Waals surface area contributed by atoms with Gasteiger partial charge in [0.05, 0.1) is 11.8 Å². The monoisotopic (exact) mass is 362 g/mol. The van der Waals surface area contributed by atoms with Gasteiger partial charge in [0.2, 0.25) is 0 Å². The van der Waals surface area contributed by atoms with Gasteiger partial charge in [0, 0.05) is 11.3 Å². The van der Waals surface area contributed by atoms with E-state index < -0.39 is 5.82 Å². The van der Waals surface area contributed by atoms with E-state index in [9.17, 15) is 4.39 Å². The smallest absolute Gasteiger partial charge is 0.181 e. The number of benzene rings is 2. The van der Waals surface area contributed by atoms with Gasteiger partial charge in [0.15, 0.2) is 12.2 Å². The van der Waals surface area contributed by atoms with Crippen molar-refractivity contribution in [3.8, 4) is 11.8 Å². The Kier molecular flexibility index (Phi) is 4.09. The number of nitrogens with two attached hydrogens (primary N) is 1. The van der Waals surface area contributed by atoms with Crippen LogP contribution in [-0.4, -0.2) is 10.7 Å². The van der Waals surface area contributed by atoms with Gasteiger partial charge in [-0.25, -0.2) is 9.37 Å². The molecule has 0 fully saturated rings. The first-order valence-corrected chi connectivity index (χ1v) is 8.34. The number of nitrogens with one attached hydrogen (secondary N) is 1. The molecule has 1 unspecified atom stereocenters. The van der Waals surface area contributed by atoms with E-state index in [0.717, 1.165) is 5.56 Å². The lowest BCUT2D eigenvalue weighted by molar-refractivity contribution is 0.207. The number of halogens is 1. The Morgan fingerprint density at radius 1 is 1.37 bits per heavy atom. The van der Waals surface area contributed by atoms with Gasteiger partial charge >= 0.3 is 0 Å². The van der Waals surface area contributed by atoms with Crippen molar-refractivity contribution < 1.29 is 13.5 Å². The van der Waals surface area contributed by atoms with E-state index in [4.69, 9.17) is 25.6 Å². The zero-order chi connectivity index (χ0) is 19.0. The lowest BCUT2D eigenvalue weighted by Crippen LogP contribution is -2.08. The largest absolute Gasteiger partial charge is 0.486 e. The number of nitrogen functional groups attached to an aromatic ring is 1. The highest BCUT2D eigenvalue weighted by Crippen LogP contribution is 2.37. The highest BCUT2D eigenvalue weighted by molar-refractivity contribution is 6.12. The highest BCUT2D eigenvalue weighted by Gasteiger charge is 2.28. The number of rotatable bonds is 4. The number of hydrogen-bond donors (Lipinski definition) is 2. The molecule has 1 aromatic heterocycles. The topological polar surface area (TPSA) is 109 Å². The third-order valence-electron chi connectivity index (χ3n) is 4.65. The Morgan fingerprint density at radius 2 is 2.22 bits per heavy atom. The molecule has 0 spiro atoms. The van der Waals surface area contributed by atoms with Crippen LogP contribution < -0.4 is 10.5 Å². The second kappa shape index (κ2) is 6.57. The van der Waals surface area contributed by atoms with E-state index in [0.29, 0.717) is 41.2 Å². The minimum absolute atomic E-state index is 0.0460. The molecule has 6 nitrogen and oxygen atoms in total. The van der Waals surface area contributed by atoms with E-state index in [1.807, 2.05) is 6.07 Å². The Hall–Kier alpha value is -3.66. The average Bonchev–Trinajstić information content (AvgIpc) is 3.34. The molecule has 0 radical (unpaired) electrons. The molecule has 3 aromatic rings. The lowest BCUT2D eigenvalue weighted by Gasteiger charge is -2.16. The van der Waals surface area contributed by atoms with Crippen molar-refractivity contribution in [3.05, 3.63) is 76.8 Å². The van der Waals surface area contributed by atoms with Crippen LogP contribution in [0.15, 0.2) is 47.3 Å². The van der Waals surface area contributed by atoms with Gasteiger partial charge in [-0.15, -0.1) is 0 Å². The maximum absolute atomic E-state index is 14.3. The van der Waals surface area contributed by atoms with Gasteiger partial charge in [-0.3, -0.25) is 5.41 Å². The van der Waals surface area contributed by atoms with Crippen molar-refractivity contribution in [1.29, 1.82) is 10.7 Å². The molecular weight excluding hydrogens is 347 g/mol. The SMILES string of the molecule is N#Cc1ccc2c(c1F)CCC2Oc1ccc(N)c(C(=N)c2cnco2)c1. The molecular formula is C20H15FN4O2. The molecule has 4 rings (SSSR count). The van der Waals surface area contributed by atoms with Crippen LogP contribution in [0.1, 0.15) is 40.5 Å². The fraction of sp³-hybridized carbons (Fsp3) is 0.150. The van der Waals surface area contributed by atoms with Crippen LogP contribution in [0.2, 0.25) is 0 Å². The normalized spacial score (nSPS) is 15.2. The molecule has 134 valence electrons. The van der Waals surface area contributed by atoms with Crippen molar-refractivity contribution >= 4 is 11.4 Å². The molecule has 0 saturated heterocycles. The predicted molar refractivity (Wildman–Crippen MR) is 96.1 cm³/mol. The van der Waals surface area contributed by atoms with Gasteiger partial charge in [-0.2, -0.15) is 5.26 Å². The number of anilines is 1. The van der Waals surface area contributed by atoms with Gasteiger partial charge < -0.3 is 14.9 Å². The number of oxazole rings is 1. The first kappa shape index (κ1) is 16.8. The van der Waals surface area contributed by atoms with E-state index >= 15 is 0 Å². The first-order valence-electron chi connectivity index (χ1n) is 8.34. The van der Waals surface area contributed by atoms with Crippen LogP contribution >= 0.6 is 0 Å². The molecule has 3 N–H and O–H groups in total. The van der Waals surface area contributed by atoms with E-state index in [1.54, 1.807) is 24.3 Å². The number of hydrogen-bond acceptors (Lipinski definition) is 6. The Bertz CT molecular complexity index is 1070. The fourth-order valence-corrected chi connectivity index (χ4v) is 3.29. The van der Waals surface area contributed by atoms with Gasteiger partial charge in [-0.1, -0.05) is 6.07 Å². The Balaban J connectivity index is 1.62. The number of aromatic nitrogens is 1. The minimum atomic E-state index is -0.466. The van der Waals surface area contributed by atoms with Crippen LogP contribution in [0.25, 0.3) is 0 Å².